The van der Waals surface area contributed by atoms with Crippen molar-refractivity contribution in [1.29, 1.82) is 0 Å². The number of carbonyl (C=O) groups is 1. The number of carbonyl (C=O) groups excluding carboxylic acids is 1. The smallest absolute Gasteiger partial charge is 0.264 e. The van der Waals surface area contributed by atoms with Crippen LogP contribution in [0.3, 0.4) is 0 Å². The van der Waals surface area contributed by atoms with Crippen LogP contribution in [0.5, 0.6) is 5.88 Å². The number of likely N-dealkylation sites (tertiary alicyclic amines) is 1. The van der Waals surface area contributed by atoms with Crippen molar-refractivity contribution in [3.8, 4) is 5.88 Å². The molecule has 4 heterocycles. The highest BCUT2D eigenvalue weighted by Gasteiger charge is 2.29. The van der Waals surface area contributed by atoms with Crippen molar-refractivity contribution in [3.05, 3.63) is 34.3 Å². The number of amides is 1. The molecule has 1 amide bonds. The molecule has 132 valence electrons. The Balaban J connectivity index is 1.38. The van der Waals surface area contributed by atoms with E-state index in [1.165, 1.54) is 12.8 Å². The standard InChI is InChI=1S/C18H22N4O2S/c1-13-4-5-15(25-13)18(23)22-9-6-14(11-22)24-17-10-16(19-12-20-17)21-7-2-3-8-21/h4-5,10,12,14H,2-3,6-9,11H2,1H3/t14-/m0/s1. The van der Waals surface area contributed by atoms with Gasteiger partial charge >= 0.3 is 0 Å². The lowest BCUT2D eigenvalue weighted by Crippen LogP contribution is -2.30. The summed E-state index contributed by atoms with van der Waals surface area (Å²) in [5.41, 5.74) is 0. The normalized spacial score (nSPS) is 20.3. The molecular formula is C18H22N4O2S. The fraction of sp³-hybridized carbons (Fsp3) is 0.500. The third kappa shape index (κ3) is 3.61. The predicted molar refractivity (Wildman–Crippen MR) is 97.5 cm³/mol. The first-order valence-electron chi connectivity index (χ1n) is 8.78. The minimum absolute atomic E-state index is 0.00802. The van der Waals surface area contributed by atoms with Crippen molar-refractivity contribution in [2.24, 2.45) is 0 Å². The zero-order valence-corrected chi connectivity index (χ0v) is 15.2. The highest BCUT2D eigenvalue weighted by atomic mass is 32.1. The van der Waals surface area contributed by atoms with Crippen LogP contribution in [0.4, 0.5) is 5.82 Å². The number of rotatable bonds is 4. The minimum Gasteiger partial charge on any atom is -0.472 e. The highest BCUT2D eigenvalue weighted by molar-refractivity contribution is 7.13. The van der Waals surface area contributed by atoms with Crippen LogP contribution in [0.15, 0.2) is 24.5 Å². The Morgan fingerprint density at radius 2 is 2.08 bits per heavy atom. The summed E-state index contributed by atoms with van der Waals surface area (Å²) in [4.78, 5) is 27.2. The van der Waals surface area contributed by atoms with E-state index in [4.69, 9.17) is 4.74 Å². The lowest BCUT2D eigenvalue weighted by molar-refractivity contribution is 0.0776. The molecule has 0 radical (unpaired) electrons. The number of ether oxygens (including phenoxy) is 1. The van der Waals surface area contributed by atoms with E-state index in [-0.39, 0.29) is 12.0 Å². The van der Waals surface area contributed by atoms with Gasteiger partial charge < -0.3 is 14.5 Å². The fourth-order valence-electron chi connectivity index (χ4n) is 3.40. The largest absolute Gasteiger partial charge is 0.472 e. The Bertz CT molecular complexity index is 757. The summed E-state index contributed by atoms with van der Waals surface area (Å²) in [5.74, 6) is 1.63. The van der Waals surface area contributed by atoms with Crippen LogP contribution in [0, 0.1) is 6.92 Å². The summed E-state index contributed by atoms with van der Waals surface area (Å²) in [6.45, 7) is 5.44. The zero-order chi connectivity index (χ0) is 17.2. The zero-order valence-electron chi connectivity index (χ0n) is 14.4. The summed E-state index contributed by atoms with van der Waals surface area (Å²) in [5, 5.41) is 0. The van der Waals surface area contributed by atoms with E-state index in [9.17, 15) is 4.79 Å². The number of aromatic nitrogens is 2. The summed E-state index contributed by atoms with van der Waals surface area (Å²) in [7, 11) is 0. The van der Waals surface area contributed by atoms with Crippen LogP contribution < -0.4 is 9.64 Å². The predicted octanol–water partition coefficient (Wildman–Crippen LogP) is 2.74. The average molecular weight is 358 g/mol. The molecule has 25 heavy (non-hydrogen) atoms. The van der Waals surface area contributed by atoms with Crippen molar-refractivity contribution in [3.63, 3.8) is 0 Å². The first kappa shape index (κ1) is 16.3. The number of hydrogen-bond donors (Lipinski definition) is 0. The molecule has 2 aromatic rings. The molecule has 0 aliphatic carbocycles. The van der Waals surface area contributed by atoms with Crippen LogP contribution in [0.1, 0.15) is 33.8 Å². The molecule has 2 aromatic heterocycles. The van der Waals surface area contributed by atoms with Crippen LogP contribution in [0.2, 0.25) is 0 Å². The highest BCUT2D eigenvalue weighted by Crippen LogP contribution is 2.24. The molecule has 0 bridgehead atoms. The first-order valence-corrected chi connectivity index (χ1v) is 9.60. The van der Waals surface area contributed by atoms with E-state index in [1.54, 1.807) is 17.7 Å². The van der Waals surface area contributed by atoms with Gasteiger partial charge in [-0.1, -0.05) is 0 Å². The quantitative estimate of drug-likeness (QED) is 0.841. The second-order valence-corrected chi connectivity index (χ2v) is 7.89. The van der Waals surface area contributed by atoms with E-state index < -0.39 is 0 Å². The molecule has 2 saturated heterocycles. The van der Waals surface area contributed by atoms with Gasteiger partial charge in [0.2, 0.25) is 5.88 Å². The molecule has 1 atom stereocenters. The Morgan fingerprint density at radius 1 is 1.24 bits per heavy atom. The Kier molecular flexibility index (Phi) is 4.57. The maximum absolute atomic E-state index is 12.5. The van der Waals surface area contributed by atoms with Crippen LogP contribution >= 0.6 is 11.3 Å². The minimum atomic E-state index is -0.00802. The molecule has 0 aromatic carbocycles. The summed E-state index contributed by atoms with van der Waals surface area (Å²) in [6, 6.07) is 5.81. The van der Waals surface area contributed by atoms with E-state index in [1.807, 2.05) is 30.0 Å². The number of thiophene rings is 1. The molecule has 6 nitrogen and oxygen atoms in total. The van der Waals surface area contributed by atoms with Gasteiger partial charge in [-0.2, -0.15) is 0 Å². The van der Waals surface area contributed by atoms with Crippen LogP contribution in [-0.2, 0) is 0 Å². The van der Waals surface area contributed by atoms with Gasteiger partial charge in [0.1, 0.15) is 18.2 Å². The van der Waals surface area contributed by atoms with E-state index >= 15 is 0 Å². The molecule has 2 aliphatic heterocycles. The average Bonchev–Trinajstić information content (AvgIpc) is 3.36. The SMILES string of the molecule is Cc1ccc(C(=O)N2CC[C@H](Oc3cc(N4CCCC4)ncn3)C2)s1. The number of nitrogens with zero attached hydrogens (tertiary/aromatic N) is 4. The Morgan fingerprint density at radius 3 is 2.84 bits per heavy atom. The lowest BCUT2D eigenvalue weighted by Gasteiger charge is -2.18. The molecule has 0 N–H and O–H groups in total. The lowest BCUT2D eigenvalue weighted by atomic mass is 10.3. The van der Waals surface area contributed by atoms with Crippen molar-refractivity contribution in [2.45, 2.75) is 32.3 Å². The van der Waals surface area contributed by atoms with Crippen LogP contribution in [-0.4, -0.2) is 53.1 Å². The molecule has 2 aliphatic rings. The molecular weight excluding hydrogens is 336 g/mol. The van der Waals surface area contributed by atoms with Gasteiger partial charge in [0, 0.05) is 37.0 Å². The summed E-state index contributed by atoms with van der Waals surface area (Å²) < 4.78 is 6.03. The molecule has 7 heteroatoms. The topological polar surface area (TPSA) is 58.6 Å². The van der Waals surface area contributed by atoms with E-state index in [2.05, 4.69) is 14.9 Å². The van der Waals surface area contributed by atoms with Gasteiger partial charge in [0.15, 0.2) is 0 Å². The molecule has 0 unspecified atom stereocenters. The van der Waals surface area contributed by atoms with Crippen molar-refractivity contribution >= 4 is 23.1 Å². The third-order valence-corrected chi connectivity index (χ3v) is 5.72. The maximum atomic E-state index is 12.5. The Hall–Kier alpha value is -2.15. The number of aryl methyl sites for hydroxylation is 1. The van der Waals surface area contributed by atoms with E-state index in [0.717, 1.165) is 41.6 Å². The summed E-state index contributed by atoms with van der Waals surface area (Å²) >= 11 is 1.55. The van der Waals surface area contributed by atoms with Gasteiger partial charge in [-0.05, 0) is 31.9 Å². The third-order valence-electron chi connectivity index (χ3n) is 4.73. The first-order chi connectivity index (χ1) is 12.2. The second kappa shape index (κ2) is 7.00. The van der Waals surface area contributed by atoms with E-state index in [0.29, 0.717) is 12.4 Å². The van der Waals surface area contributed by atoms with Gasteiger partial charge in [0.05, 0.1) is 11.4 Å². The summed E-state index contributed by atoms with van der Waals surface area (Å²) in [6.07, 6.45) is 4.81. The number of anilines is 1. The van der Waals surface area contributed by atoms with Gasteiger partial charge in [0.25, 0.3) is 5.91 Å². The van der Waals surface area contributed by atoms with Crippen molar-refractivity contribution in [1.82, 2.24) is 14.9 Å². The molecule has 0 spiro atoms. The monoisotopic (exact) mass is 358 g/mol. The van der Waals surface area contributed by atoms with Gasteiger partial charge in [-0.3, -0.25) is 4.79 Å². The van der Waals surface area contributed by atoms with Crippen molar-refractivity contribution < 1.29 is 9.53 Å². The fourth-order valence-corrected chi connectivity index (χ4v) is 4.23. The number of hydrogen-bond acceptors (Lipinski definition) is 6. The maximum Gasteiger partial charge on any atom is 0.264 e. The second-order valence-electron chi connectivity index (χ2n) is 6.60. The van der Waals surface area contributed by atoms with Crippen LogP contribution in [0.25, 0.3) is 0 Å². The Labute approximate surface area is 151 Å². The van der Waals surface area contributed by atoms with Crippen molar-refractivity contribution in [2.75, 3.05) is 31.1 Å². The molecule has 2 fully saturated rings. The van der Waals surface area contributed by atoms with Gasteiger partial charge in [-0.15, -0.1) is 11.3 Å². The van der Waals surface area contributed by atoms with Gasteiger partial charge in [-0.25, -0.2) is 9.97 Å². The molecule has 0 saturated carbocycles. The molecule has 4 rings (SSSR count).